The van der Waals surface area contributed by atoms with Crippen LogP contribution in [0.15, 0.2) is 0 Å². The van der Waals surface area contributed by atoms with Gasteiger partial charge in [0.25, 0.3) is 0 Å². The molecular weight excluding hydrogens is 288 g/mol. The van der Waals surface area contributed by atoms with Gasteiger partial charge < -0.3 is 10.6 Å². The molecule has 136 valence electrons. The second-order valence-electron chi connectivity index (χ2n) is 6.65. The van der Waals surface area contributed by atoms with Crippen molar-refractivity contribution in [1.29, 1.82) is 0 Å². The fourth-order valence-electron chi connectivity index (χ4n) is 2.75. The Bertz CT molecular complexity index is 331. The van der Waals surface area contributed by atoms with Crippen LogP contribution >= 0.6 is 0 Å². The van der Waals surface area contributed by atoms with Crippen LogP contribution in [0.5, 0.6) is 0 Å². The molecule has 3 atom stereocenters. The first kappa shape index (κ1) is 21.9. The highest BCUT2D eigenvalue weighted by molar-refractivity contribution is 5.80. The average Bonchev–Trinajstić information content (AvgIpc) is 2.54. The summed E-state index contributed by atoms with van der Waals surface area (Å²) in [6.45, 7) is 10.9. The van der Waals surface area contributed by atoms with Crippen LogP contribution in [0.3, 0.4) is 0 Å². The molecule has 0 aromatic carbocycles. The number of hydrogen-bond acceptors (Lipinski definition) is 2. The standard InChI is InChI=1S/C19H38N2O2/c1-6-10-12-16(8-3)18(22)20-14-15(5)21-19(23)17(9-4)13-11-7-2/h15-17H,6-14H2,1-5H3,(H,20,22)(H,21,23)/t15-,16+,17+/m1/s1. The van der Waals surface area contributed by atoms with E-state index in [0.717, 1.165) is 51.4 Å². The topological polar surface area (TPSA) is 58.2 Å². The number of rotatable bonds is 13. The quantitative estimate of drug-likeness (QED) is 0.536. The van der Waals surface area contributed by atoms with E-state index in [1.807, 2.05) is 6.92 Å². The second kappa shape index (κ2) is 13.4. The van der Waals surface area contributed by atoms with Gasteiger partial charge in [-0.3, -0.25) is 9.59 Å². The van der Waals surface area contributed by atoms with Crippen LogP contribution < -0.4 is 10.6 Å². The fraction of sp³-hybridized carbons (Fsp3) is 0.895. The highest BCUT2D eigenvalue weighted by Gasteiger charge is 2.19. The van der Waals surface area contributed by atoms with Gasteiger partial charge in [-0.25, -0.2) is 0 Å². The molecule has 0 radical (unpaired) electrons. The van der Waals surface area contributed by atoms with Crippen LogP contribution in [-0.2, 0) is 9.59 Å². The molecule has 23 heavy (non-hydrogen) atoms. The Morgan fingerprint density at radius 3 is 1.74 bits per heavy atom. The van der Waals surface area contributed by atoms with E-state index in [2.05, 4.69) is 38.3 Å². The molecule has 2 N–H and O–H groups in total. The van der Waals surface area contributed by atoms with Crippen molar-refractivity contribution in [3.8, 4) is 0 Å². The maximum absolute atomic E-state index is 12.2. The Morgan fingerprint density at radius 2 is 1.30 bits per heavy atom. The molecule has 0 bridgehead atoms. The molecular formula is C19H38N2O2. The molecule has 4 nitrogen and oxygen atoms in total. The summed E-state index contributed by atoms with van der Waals surface area (Å²) in [5.74, 6) is 0.452. The number of unbranched alkanes of at least 4 members (excludes halogenated alkanes) is 2. The van der Waals surface area contributed by atoms with Crippen LogP contribution in [0.4, 0.5) is 0 Å². The molecule has 0 aliphatic rings. The third-order valence-electron chi connectivity index (χ3n) is 4.51. The Balaban J connectivity index is 4.19. The summed E-state index contributed by atoms with van der Waals surface area (Å²) in [6.07, 6.45) is 8.07. The molecule has 0 aromatic heterocycles. The summed E-state index contributed by atoms with van der Waals surface area (Å²) in [7, 11) is 0. The van der Waals surface area contributed by atoms with Gasteiger partial charge in [0.1, 0.15) is 0 Å². The second-order valence-corrected chi connectivity index (χ2v) is 6.65. The summed E-state index contributed by atoms with van der Waals surface area (Å²) in [6, 6.07) is -0.0224. The monoisotopic (exact) mass is 326 g/mol. The molecule has 0 heterocycles. The zero-order valence-corrected chi connectivity index (χ0v) is 15.9. The van der Waals surface area contributed by atoms with E-state index in [-0.39, 0.29) is 29.7 Å². The molecule has 0 rings (SSSR count). The first-order valence-corrected chi connectivity index (χ1v) is 9.57. The smallest absolute Gasteiger partial charge is 0.223 e. The minimum atomic E-state index is -0.0224. The maximum atomic E-state index is 12.2. The first-order chi connectivity index (χ1) is 11.0. The number of carbonyl (C=O) groups excluding carboxylic acids is 2. The Hall–Kier alpha value is -1.06. The summed E-state index contributed by atoms with van der Waals surface area (Å²) in [5, 5.41) is 6.04. The van der Waals surface area contributed by atoms with Crippen molar-refractivity contribution in [1.82, 2.24) is 10.6 Å². The zero-order chi connectivity index (χ0) is 17.7. The molecule has 0 spiro atoms. The van der Waals surface area contributed by atoms with Crippen molar-refractivity contribution < 1.29 is 9.59 Å². The van der Waals surface area contributed by atoms with Crippen molar-refractivity contribution >= 4 is 11.8 Å². The van der Waals surface area contributed by atoms with Gasteiger partial charge in [0.2, 0.25) is 11.8 Å². The van der Waals surface area contributed by atoms with Crippen LogP contribution in [0, 0.1) is 11.8 Å². The molecule has 0 saturated carbocycles. The molecule has 0 aliphatic carbocycles. The highest BCUT2D eigenvalue weighted by Crippen LogP contribution is 2.13. The largest absolute Gasteiger partial charge is 0.354 e. The number of carbonyl (C=O) groups is 2. The minimum absolute atomic E-state index is 0.0224. The predicted molar refractivity (Wildman–Crippen MR) is 97.2 cm³/mol. The van der Waals surface area contributed by atoms with Gasteiger partial charge in [-0.2, -0.15) is 0 Å². The molecule has 0 saturated heterocycles. The number of hydrogen-bond donors (Lipinski definition) is 2. The van der Waals surface area contributed by atoms with Crippen molar-refractivity contribution in [2.24, 2.45) is 11.8 Å². The zero-order valence-electron chi connectivity index (χ0n) is 15.9. The number of amides is 2. The lowest BCUT2D eigenvalue weighted by atomic mass is 9.98. The van der Waals surface area contributed by atoms with Crippen LogP contribution in [0.1, 0.15) is 86.0 Å². The molecule has 0 aliphatic heterocycles. The fourth-order valence-corrected chi connectivity index (χ4v) is 2.75. The van der Waals surface area contributed by atoms with E-state index in [9.17, 15) is 9.59 Å². The third kappa shape index (κ3) is 9.62. The SMILES string of the molecule is CCCC[C@H](CC)C(=O)NC[C@@H](C)NC(=O)[C@@H](CC)CCCC. The van der Waals surface area contributed by atoms with E-state index in [0.29, 0.717) is 6.54 Å². The summed E-state index contributed by atoms with van der Waals surface area (Å²) in [4.78, 5) is 24.4. The Kier molecular flexibility index (Phi) is 12.8. The van der Waals surface area contributed by atoms with E-state index in [4.69, 9.17) is 0 Å². The van der Waals surface area contributed by atoms with Gasteiger partial charge in [0, 0.05) is 24.4 Å². The molecule has 2 amide bonds. The Morgan fingerprint density at radius 1 is 0.826 bits per heavy atom. The van der Waals surface area contributed by atoms with Gasteiger partial charge in [0.05, 0.1) is 0 Å². The van der Waals surface area contributed by atoms with Gasteiger partial charge in [-0.05, 0) is 32.6 Å². The van der Waals surface area contributed by atoms with Crippen molar-refractivity contribution in [2.45, 2.75) is 92.0 Å². The first-order valence-electron chi connectivity index (χ1n) is 9.57. The van der Waals surface area contributed by atoms with Gasteiger partial charge in [-0.1, -0.05) is 53.4 Å². The van der Waals surface area contributed by atoms with Crippen molar-refractivity contribution in [3.63, 3.8) is 0 Å². The van der Waals surface area contributed by atoms with E-state index in [1.54, 1.807) is 0 Å². The molecule has 4 heteroatoms. The molecule has 0 aromatic rings. The van der Waals surface area contributed by atoms with Crippen LogP contribution in [0.25, 0.3) is 0 Å². The normalized spacial score (nSPS) is 14.8. The highest BCUT2D eigenvalue weighted by atomic mass is 16.2. The maximum Gasteiger partial charge on any atom is 0.223 e. The third-order valence-corrected chi connectivity index (χ3v) is 4.51. The molecule has 0 unspecified atom stereocenters. The Labute approximate surface area is 143 Å². The van der Waals surface area contributed by atoms with Gasteiger partial charge >= 0.3 is 0 Å². The van der Waals surface area contributed by atoms with Gasteiger partial charge in [-0.15, -0.1) is 0 Å². The van der Waals surface area contributed by atoms with Crippen LogP contribution in [0.2, 0.25) is 0 Å². The summed E-state index contributed by atoms with van der Waals surface area (Å²) in [5.41, 5.74) is 0. The van der Waals surface area contributed by atoms with E-state index >= 15 is 0 Å². The van der Waals surface area contributed by atoms with E-state index in [1.165, 1.54) is 0 Å². The van der Waals surface area contributed by atoms with E-state index < -0.39 is 0 Å². The lowest BCUT2D eigenvalue weighted by Gasteiger charge is -2.21. The summed E-state index contributed by atoms with van der Waals surface area (Å²) >= 11 is 0. The predicted octanol–water partition coefficient (Wildman–Crippen LogP) is 4.04. The molecule has 0 fully saturated rings. The lowest BCUT2D eigenvalue weighted by Crippen LogP contribution is -2.45. The van der Waals surface area contributed by atoms with Crippen molar-refractivity contribution in [2.75, 3.05) is 6.54 Å². The average molecular weight is 327 g/mol. The van der Waals surface area contributed by atoms with Crippen LogP contribution in [-0.4, -0.2) is 24.4 Å². The van der Waals surface area contributed by atoms with Gasteiger partial charge in [0.15, 0.2) is 0 Å². The lowest BCUT2D eigenvalue weighted by molar-refractivity contribution is -0.127. The minimum Gasteiger partial charge on any atom is -0.354 e. The summed E-state index contributed by atoms with van der Waals surface area (Å²) < 4.78 is 0. The van der Waals surface area contributed by atoms with Crippen molar-refractivity contribution in [3.05, 3.63) is 0 Å². The number of nitrogens with one attached hydrogen (secondary N) is 2.